The number of hydrogen-bond acceptors (Lipinski definition) is 6. The Labute approximate surface area is 162 Å². The van der Waals surface area contributed by atoms with Crippen molar-refractivity contribution in [1.82, 2.24) is 4.90 Å². The lowest BCUT2D eigenvalue weighted by Crippen LogP contribution is -2.36. The second-order valence-electron chi connectivity index (χ2n) is 6.35. The highest BCUT2D eigenvalue weighted by Gasteiger charge is 2.24. The van der Waals surface area contributed by atoms with Gasteiger partial charge in [0.2, 0.25) is 0 Å². The molecule has 0 fully saturated rings. The Kier molecular flexibility index (Phi) is 6.45. The third-order valence-electron chi connectivity index (χ3n) is 4.12. The van der Waals surface area contributed by atoms with Crippen LogP contribution in [-0.4, -0.2) is 34.9 Å². The molecule has 2 aromatic rings. The van der Waals surface area contributed by atoms with Gasteiger partial charge in [0, 0.05) is 30.3 Å². The number of nitrogens with zero attached hydrogens (tertiary/aromatic N) is 3. The molecule has 0 saturated heterocycles. The second-order valence-corrected chi connectivity index (χ2v) is 6.35. The second kappa shape index (κ2) is 8.77. The number of carbonyl (C=O) groups is 2. The minimum Gasteiger partial charge on any atom is -0.465 e. The van der Waals surface area contributed by atoms with Gasteiger partial charge < -0.3 is 9.64 Å². The van der Waals surface area contributed by atoms with Crippen molar-refractivity contribution in [2.45, 2.75) is 26.4 Å². The first-order chi connectivity index (χ1) is 13.3. The van der Waals surface area contributed by atoms with Crippen LogP contribution in [0.25, 0.3) is 0 Å². The van der Waals surface area contributed by atoms with Gasteiger partial charge in [-0.25, -0.2) is 4.79 Å². The van der Waals surface area contributed by atoms with Gasteiger partial charge in [0.05, 0.1) is 29.2 Å². The smallest absolute Gasteiger partial charge is 0.338 e. The molecule has 8 nitrogen and oxygen atoms in total. The molecule has 1 amide bonds. The molecule has 0 aliphatic carbocycles. The normalized spacial score (nSPS) is 10.2. The van der Waals surface area contributed by atoms with Gasteiger partial charge in [-0.15, -0.1) is 0 Å². The fourth-order valence-electron chi connectivity index (χ4n) is 2.61. The van der Waals surface area contributed by atoms with Gasteiger partial charge in [-0.2, -0.15) is 5.26 Å². The Bertz CT molecular complexity index is 945. The number of nitro benzene ring substituents is 1. The van der Waals surface area contributed by atoms with Crippen molar-refractivity contribution in [2.75, 3.05) is 7.11 Å². The van der Waals surface area contributed by atoms with Gasteiger partial charge in [0.15, 0.2) is 0 Å². The molecule has 0 atom stereocenters. The van der Waals surface area contributed by atoms with Gasteiger partial charge in [0.25, 0.3) is 11.6 Å². The van der Waals surface area contributed by atoms with Crippen LogP contribution in [-0.2, 0) is 11.3 Å². The summed E-state index contributed by atoms with van der Waals surface area (Å²) in [4.78, 5) is 36.9. The van der Waals surface area contributed by atoms with Crippen LogP contribution in [0.2, 0.25) is 0 Å². The number of carbonyl (C=O) groups excluding carboxylic acids is 2. The number of nitriles is 1. The lowest BCUT2D eigenvalue weighted by Gasteiger charge is -2.27. The van der Waals surface area contributed by atoms with Crippen LogP contribution in [0.1, 0.15) is 45.7 Å². The van der Waals surface area contributed by atoms with Crippen LogP contribution in [0.3, 0.4) is 0 Å². The first-order valence-corrected chi connectivity index (χ1v) is 8.44. The molecule has 2 aromatic carbocycles. The topological polar surface area (TPSA) is 114 Å². The van der Waals surface area contributed by atoms with Gasteiger partial charge in [0.1, 0.15) is 0 Å². The summed E-state index contributed by atoms with van der Waals surface area (Å²) in [5.41, 5.74) is 0.902. The van der Waals surface area contributed by atoms with E-state index in [-0.39, 0.29) is 29.4 Å². The van der Waals surface area contributed by atoms with Crippen LogP contribution >= 0.6 is 0 Å². The van der Waals surface area contributed by atoms with Crippen LogP contribution in [0.15, 0.2) is 42.5 Å². The molecule has 0 N–H and O–H groups in total. The molecule has 8 heteroatoms. The number of nitro groups is 1. The van der Waals surface area contributed by atoms with Gasteiger partial charge in [-0.05, 0) is 37.6 Å². The number of ether oxygens (including phenoxy) is 1. The van der Waals surface area contributed by atoms with E-state index in [0.717, 1.165) is 24.8 Å². The highest BCUT2D eigenvalue weighted by Crippen LogP contribution is 2.21. The number of benzene rings is 2. The summed E-state index contributed by atoms with van der Waals surface area (Å²) in [5.74, 6) is -1.21. The zero-order chi connectivity index (χ0) is 20.8. The summed E-state index contributed by atoms with van der Waals surface area (Å²) in [6, 6.07) is 12.1. The average Bonchev–Trinajstić information content (AvgIpc) is 2.70. The van der Waals surface area contributed by atoms with Crippen molar-refractivity contribution in [2.24, 2.45) is 0 Å². The molecule has 0 unspecified atom stereocenters. The van der Waals surface area contributed by atoms with Crippen molar-refractivity contribution in [1.29, 1.82) is 5.26 Å². The molecule has 28 heavy (non-hydrogen) atoms. The molecule has 2 rings (SSSR count). The number of methoxy groups -OCH3 is 1. The van der Waals surface area contributed by atoms with E-state index in [1.165, 1.54) is 11.0 Å². The first-order valence-electron chi connectivity index (χ1n) is 8.44. The summed E-state index contributed by atoms with van der Waals surface area (Å²) in [7, 11) is 1.16. The molecule has 0 aliphatic rings. The SMILES string of the molecule is COC(=O)c1cc(C(=O)N(Cc2ccc(C#N)cc2)C(C)C)cc([N+](=O)[O-])c1. The molecule has 0 bridgehead atoms. The van der Waals surface area contributed by atoms with Crippen LogP contribution < -0.4 is 0 Å². The highest BCUT2D eigenvalue weighted by molar-refractivity contribution is 5.99. The van der Waals surface area contributed by atoms with E-state index in [1.807, 2.05) is 19.9 Å². The van der Waals surface area contributed by atoms with E-state index >= 15 is 0 Å². The van der Waals surface area contributed by atoms with Gasteiger partial charge in [-0.1, -0.05) is 12.1 Å². The minimum atomic E-state index is -0.763. The molecule has 0 radical (unpaired) electrons. The van der Waals surface area contributed by atoms with Gasteiger partial charge in [-0.3, -0.25) is 14.9 Å². The maximum atomic E-state index is 13.1. The summed E-state index contributed by atoms with van der Waals surface area (Å²) in [6.07, 6.45) is 0. The molecular weight excluding hydrogens is 362 g/mol. The fraction of sp³-hybridized carbons (Fsp3) is 0.250. The third kappa shape index (κ3) is 4.71. The molecule has 0 saturated carbocycles. The zero-order valence-corrected chi connectivity index (χ0v) is 15.7. The van der Waals surface area contributed by atoms with Crippen molar-refractivity contribution in [3.8, 4) is 6.07 Å². The fourth-order valence-corrected chi connectivity index (χ4v) is 2.61. The molecule has 144 valence electrons. The largest absolute Gasteiger partial charge is 0.465 e. The maximum Gasteiger partial charge on any atom is 0.338 e. The van der Waals surface area contributed by atoms with Crippen molar-refractivity contribution in [3.63, 3.8) is 0 Å². The third-order valence-corrected chi connectivity index (χ3v) is 4.12. The van der Waals surface area contributed by atoms with E-state index in [0.29, 0.717) is 5.56 Å². The van der Waals surface area contributed by atoms with E-state index in [4.69, 9.17) is 5.26 Å². The van der Waals surface area contributed by atoms with Crippen molar-refractivity contribution in [3.05, 3.63) is 74.8 Å². The summed E-state index contributed by atoms with van der Waals surface area (Å²) in [5, 5.41) is 20.1. The lowest BCUT2D eigenvalue weighted by atomic mass is 10.1. The number of amides is 1. The van der Waals surface area contributed by atoms with E-state index < -0.39 is 16.8 Å². The van der Waals surface area contributed by atoms with Crippen LogP contribution in [0, 0.1) is 21.4 Å². The van der Waals surface area contributed by atoms with Gasteiger partial charge >= 0.3 is 5.97 Å². The Morgan fingerprint density at radius 3 is 2.29 bits per heavy atom. The summed E-state index contributed by atoms with van der Waals surface area (Å²) in [6.45, 7) is 3.89. The van der Waals surface area contributed by atoms with Crippen LogP contribution in [0.4, 0.5) is 5.69 Å². The van der Waals surface area contributed by atoms with Crippen LogP contribution in [0.5, 0.6) is 0 Å². The number of hydrogen-bond donors (Lipinski definition) is 0. The quantitative estimate of drug-likeness (QED) is 0.431. The predicted octanol–water partition coefficient (Wildman–Crippen LogP) is 3.30. The molecule has 0 aliphatic heterocycles. The van der Waals surface area contributed by atoms with E-state index in [9.17, 15) is 19.7 Å². The number of esters is 1. The average molecular weight is 381 g/mol. The monoisotopic (exact) mass is 381 g/mol. The Morgan fingerprint density at radius 2 is 1.79 bits per heavy atom. The summed E-state index contributed by atoms with van der Waals surface area (Å²) >= 11 is 0. The molecular formula is C20H19N3O5. The summed E-state index contributed by atoms with van der Waals surface area (Å²) < 4.78 is 4.62. The predicted molar refractivity (Wildman–Crippen MR) is 101 cm³/mol. The molecule has 0 spiro atoms. The zero-order valence-electron chi connectivity index (χ0n) is 15.7. The first kappa shape index (κ1) is 20.6. The number of non-ortho nitro benzene ring substituents is 1. The Morgan fingerprint density at radius 1 is 1.18 bits per heavy atom. The number of rotatable bonds is 6. The Hall–Kier alpha value is -3.73. The molecule has 0 aromatic heterocycles. The minimum absolute atomic E-state index is 0.0249. The lowest BCUT2D eigenvalue weighted by molar-refractivity contribution is -0.384. The molecule has 0 heterocycles. The van der Waals surface area contributed by atoms with E-state index in [1.54, 1.807) is 24.3 Å². The van der Waals surface area contributed by atoms with E-state index in [2.05, 4.69) is 4.74 Å². The standard InChI is InChI=1S/C20H19N3O5/c1-13(2)22(12-15-6-4-14(11-21)5-7-15)19(24)16-8-17(20(25)28-3)10-18(9-16)23(26)27/h4-10,13H,12H2,1-3H3. The highest BCUT2D eigenvalue weighted by atomic mass is 16.6. The van der Waals surface area contributed by atoms with Crippen molar-refractivity contribution >= 4 is 17.6 Å². The Balaban J connectivity index is 2.41. The maximum absolute atomic E-state index is 13.1. The van der Waals surface area contributed by atoms with Crippen molar-refractivity contribution < 1.29 is 19.2 Å².